The number of hydrogen-bond donors (Lipinski definition) is 2. The van der Waals surface area contributed by atoms with Crippen LogP contribution in [0.25, 0.3) is 0 Å². The zero-order chi connectivity index (χ0) is 14.5. The van der Waals surface area contributed by atoms with E-state index in [1.54, 1.807) is 0 Å². The minimum atomic E-state index is -1.71. The third kappa shape index (κ3) is 4.01. The average molecular weight is 300 g/mol. The molecular formula is C13H17FN2O3S. The number of halogens is 1. The monoisotopic (exact) mass is 300 g/mol. The number of carbonyl (C=O) groups excluding carboxylic acids is 1. The molecule has 1 aliphatic rings. The largest absolute Gasteiger partial charge is 0.399 e. The number of carbonyl (C=O) groups is 1. The summed E-state index contributed by atoms with van der Waals surface area (Å²) in [6.07, 6.45) is 1.49. The Morgan fingerprint density at radius 1 is 1.45 bits per heavy atom. The summed E-state index contributed by atoms with van der Waals surface area (Å²) < 4.78 is 30.7. The van der Waals surface area contributed by atoms with Crippen molar-refractivity contribution >= 4 is 22.4 Å². The minimum Gasteiger partial charge on any atom is -0.399 e. The molecule has 1 aromatic carbocycles. The van der Waals surface area contributed by atoms with Gasteiger partial charge < -0.3 is 15.8 Å². The number of nitrogen functional groups attached to an aromatic ring is 1. The summed E-state index contributed by atoms with van der Waals surface area (Å²) in [6, 6.07) is 3.96. The molecule has 20 heavy (non-hydrogen) atoms. The molecule has 7 heteroatoms. The highest BCUT2D eigenvalue weighted by Crippen LogP contribution is 2.16. The molecule has 0 bridgehead atoms. The van der Waals surface area contributed by atoms with E-state index in [0.717, 1.165) is 18.9 Å². The lowest BCUT2D eigenvalue weighted by Gasteiger charge is -2.22. The van der Waals surface area contributed by atoms with Crippen molar-refractivity contribution in [3.63, 3.8) is 0 Å². The van der Waals surface area contributed by atoms with Crippen molar-refractivity contribution in [1.29, 1.82) is 0 Å². The average Bonchev–Trinajstić information content (AvgIpc) is 2.39. The topological polar surface area (TPSA) is 81.4 Å². The molecule has 0 spiro atoms. The maximum absolute atomic E-state index is 13.6. The van der Waals surface area contributed by atoms with E-state index in [-0.39, 0.29) is 28.3 Å². The Morgan fingerprint density at radius 2 is 2.15 bits per heavy atom. The molecule has 0 radical (unpaired) electrons. The second-order valence-corrected chi connectivity index (χ2v) is 6.05. The molecule has 1 saturated heterocycles. The minimum absolute atomic E-state index is 0.00123. The van der Waals surface area contributed by atoms with Crippen LogP contribution < -0.4 is 11.1 Å². The lowest BCUT2D eigenvalue weighted by molar-refractivity contribution is -0.119. The van der Waals surface area contributed by atoms with Crippen LogP contribution in [0.15, 0.2) is 23.1 Å². The molecule has 2 rings (SSSR count). The van der Waals surface area contributed by atoms with Crippen LogP contribution in [0, 0.1) is 5.82 Å². The Morgan fingerprint density at radius 3 is 2.80 bits per heavy atom. The third-order valence-corrected chi connectivity index (χ3v) is 4.40. The van der Waals surface area contributed by atoms with Crippen LogP contribution in [0.1, 0.15) is 12.8 Å². The van der Waals surface area contributed by atoms with Crippen LogP contribution in [0.2, 0.25) is 0 Å². The van der Waals surface area contributed by atoms with Gasteiger partial charge in [-0.2, -0.15) is 0 Å². The first kappa shape index (κ1) is 14.9. The number of rotatable bonds is 4. The number of hydrogen-bond acceptors (Lipinski definition) is 4. The Labute approximate surface area is 119 Å². The fourth-order valence-corrected chi connectivity index (χ4v) is 2.98. The second-order valence-electron chi connectivity index (χ2n) is 4.63. The van der Waals surface area contributed by atoms with Crippen LogP contribution in [-0.4, -0.2) is 35.1 Å². The van der Waals surface area contributed by atoms with Crippen molar-refractivity contribution in [2.45, 2.75) is 23.8 Å². The molecule has 3 N–H and O–H groups in total. The quantitative estimate of drug-likeness (QED) is 0.806. The summed E-state index contributed by atoms with van der Waals surface area (Å²) in [7, 11) is -1.71. The Balaban J connectivity index is 1.91. The van der Waals surface area contributed by atoms with Crippen molar-refractivity contribution in [3.05, 3.63) is 24.0 Å². The summed E-state index contributed by atoms with van der Waals surface area (Å²) in [5.41, 5.74) is 5.68. The highest BCUT2D eigenvalue weighted by molar-refractivity contribution is 7.85. The number of amides is 1. The molecule has 1 aromatic rings. The molecule has 0 aliphatic carbocycles. The van der Waals surface area contributed by atoms with Crippen molar-refractivity contribution in [1.82, 2.24) is 5.32 Å². The van der Waals surface area contributed by atoms with Crippen LogP contribution >= 0.6 is 0 Å². The Kier molecular flexibility index (Phi) is 5.08. The highest BCUT2D eigenvalue weighted by atomic mass is 32.2. The molecule has 110 valence electrons. The van der Waals surface area contributed by atoms with Crippen molar-refractivity contribution < 1.29 is 18.1 Å². The van der Waals surface area contributed by atoms with Gasteiger partial charge >= 0.3 is 0 Å². The van der Waals surface area contributed by atoms with Crippen LogP contribution in [0.3, 0.4) is 0 Å². The first-order chi connectivity index (χ1) is 9.56. The summed E-state index contributed by atoms with van der Waals surface area (Å²) in [6.45, 7) is 1.22. The number of nitrogens with two attached hydrogens (primary N) is 1. The van der Waals surface area contributed by atoms with Gasteiger partial charge in [0.1, 0.15) is 11.6 Å². The van der Waals surface area contributed by atoms with Crippen molar-refractivity contribution in [3.8, 4) is 0 Å². The normalized spacial score (nSPS) is 17.6. The lowest BCUT2D eigenvalue weighted by atomic mass is 10.1. The van der Waals surface area contributed by atoms with Gasteiger partial charge in [0.25, 0.3) is 0 Å². The fraction of sp³-hybridized carbons (Fsp3) is 0.462. The van der Waals surface area contributed by atoms with E-state index in [4.69, 9.17) is 10.5 Å². The standard InChI is InChI=1S/C13H17FN2O3S/c14-11-7-9(15)1-2-12(11)20(18)8-13(17)16-10-3-5-19-6-4-10/h1-2,7,10H,3-6,8,15H2,(H,16,17). The Hall–Kier alpha value is -1.47. The first-order valence-electron chi connectivity index (χ1n) is 6.37. The SMILES string of the molecule is Nc1ccc(S(=O)CC(=O)NC2CCOCC2)c(F)c1. The predicted molar refractivity (Wildman–Crippen MR) is 74.1 cm³/mol. The first-order valence-corrected chi connectivity index (χ1v) is 7.68. The zero-order valence-electron chi connectivity index (χ0n) is 10.9. The van der Waals surface area contributed by atoms with Gasteiger partial charge in [-0.25, -0.2) is 4.39 Å². The molecule has 5 nitrogen and oxygen atoms in total. The molecule has 1 fully saturated rings. The van der Waals surface area contributed by atoms with Crippen LogP contribution in [-0.2, 0) is 20.3 Å². The van der Waals surface area contributed by atoms with E-state index in [1.165, 1.54) is 12.1 Å². The summed E-state index contributed by atoms with van der Waals surface area (Å²) >= 11 is 0. The maximum atomic E-state index is 13.6. The highest BCUT2D eigenvalue weighted by Gasteiger charge is 2.19. The Bertz CT molecular complexity index is 518. The summed E-state index contributed by atoms with van der Waals surface area (Å²) in [5, 5.41) is 2.79. The van der Waals surface area contributed by atoms with Gasteiger partial charge in [-0.15, -0.1) is 0 Å². The van der Waals surface area contributed by atoms with Crippen LogP contribution in [0.5, 0.6) is 0 Å². The van der Waals surface area contributed by atoms with E-state index < -0.39 is 16.6 Å². The van der Waals surface area contributed by atoms with Gasteiger partial charge in [-0.05, 0) is 31.0 Å². The molecule has 1 heterocycles. The number of benzene rings is 1. The zero-order valence-corrected chi connectivity index (χ0v) is 11.7. The molecule has 1 amide bonds. The number of anilines is 1. The third-order valence-electron chi connectivity index (χ3n) is 3.05. The smallest absolute Gasteiger partial charge is 0.233 e. The predicted octanol–water partition coefficient (Wildman–Crippen LogP) is 0.811. The van der Waals surface area contributed by atoms with Crippen molar-refractivity contribution in [2.75, 3.05) is 24.7 Å². The summed E-state index contributed by atoms with van der Waals surface area (Å²) in [5.74, 6) is -1.24. The van der Waals surface area contributed by atoms with Gasteiger partial charge in [0.2, 0.25) is 5.91 Å². The van der Waals surface area contributed by atoms with E-state index in [2.05, 4.69) is 5.32 Å². The number of nitrogens with one attached hydrogen (secondary N) is 1. The van der Waals surface area contributed by atoms with Crippen LogP contribution in [0.4, 0.5) is 10.1 Å². The molecule has 0 saturated carbocycles. The van der Waals surface area contributed by atoms with Gasteiger partial charge in [0, 0.05) is 24.9 Å². The fourth-order valence-electron chi connectivity index (χ4n) is 2.01. The van der Waals surface area contributed by atoms with Gasteiger partial charge in [0.05, 0.1) is 15.7 Å². The van der Waals surface area contributed by atoms with Crippen molar-refractivity contribution in [2.24, 2.45) is 0 Å². The van der Waals surface area contributed by atoms with E-state index in [0.29, 0.717) is 13.2 Å². The molecule has 1 unspecified atom stereocenters. The number of ether oxygens (including phenoxy) is 1. The lowest BCUT2D eigenvalue weighted by Crippen LogP contribution is -2.40. The van der Waals surface area contributed by atoms with Gasteiger partial charge in [-0.3, -0.25) is 9.00 Å². The van der Waals surface area contributed by atoms with E-state index in [1.807, 2.05) is 0 Å². The second kappa shape index (κ2) is 6.81. The molecule has 1 aliphatic heterocycles. The molecule has 0 aromatic heterocycles. The molecular weight excluding hydrogens is 283 g/mol. The van der Waals surface area contributed by atoms with Gasteiger partial charge in [-0.1, -0.05) is 0 Å². The van der Waals surface area contributed by atoms with E-state index >= 15 is 0 Å². The van der Waals surface area contributed by atoms with E-state index in [9.17, 15) is 13.4 Å². The maximum Gasteiger partial charge on any atom is 0.233 e. The summed E-state index contributed by atoms with van der Waals surface area (Å²) in [4.78, 5) is 11.8. The van der Waals surface area contributed by atoms with Gasteiger partial charge in [0.15, 0.2) is 0 Å². The molecule has 1 atom stereocenters.